The first-order valence-corrected chi connectivity index (χ1v) is 7.46. The van der Waals surface area contributed by atoms with Crippen LogP contribution in [0, 0.1) is 13.8 Å². The predicted molar refractivity (Wildman–Crippen MR) is 79.5 cm³/mol. The van der Waals surface area contributed by atoms with Gasteiger partial charge in [0.1, 0.15) is 5.75 Å². The maximum absolute atomic E-state index is 5.99. The Morgan fingerprint density at radius 1 is 1.33 bits per heavy atom. The van der Waals surface area contributed by atoms with Gasteiger partial charge in [-0.1, -0.05) is 31.9 Å². The van der Waals surface area contributed by atoms with Crippen molar-refractivity contribution in [2.45, 2.75) is 19.2 Å². The van der Waals surface area contributed by atoms with Crippen LogP contribution in [0.4, 0.5) is 0 Å². The quantitative estimate of drug-likeness (QED) is 0.741. The molecule has 3 nitrogen and oxygen atoms in total. The maximum Gasteiger partial charge on any atom is 0.221 e. The van der Waals surface area contributed by atoms with Crippen LogP contribution >= 0.6 is 31.9 Å². The Bertz CT molecular complexity index is 579. The SMILES string of the molecule is Cc1cc(Br)ccc1Oc1c(CBr)c(C)nn1C. The van der Waals surface area contributed by atoms with Crippen molar-refractivity contribution in [1.29, 1.82) is 0 Å². The third-order valence-electron chi connectivity index (χ3n) is 2.77. The third kappa shape index (κ3) is 2.62. The molecule has 0 unspecified atom stereocenters. The van der Waals surface area contributed by atoms with Crippen LogP contribution in [0.5, 0.6) is 11.6 Å². The van der Waals surface area contributed by atoms with E-state index in [4.69, 9.17) is 4.74 Å². The van der Waals surface area contributed by atoms with E-state index in [0.29, 0.717) is 0 Å². The summed E-state index contributed by atoms with van der Waals surface area (Å²) in [6.07, 6.45) is 0. The van der Waals surface area contributed by atoms with E-state index in [2.05, 4.69) is 37.0 Å². The number of aromatic nitrogens is 2. The molecule has 0 bridgehead atoms. The number of hydrogen-bond acceptors (Lipinski definition) is 2. The zero-order valence-corrected chi connectivity index (χ0v) is 13.7. The fourth-order valence-electron chi connectivity index (χ4n) is 1.79. The Labute approximate surface area is 123 Å². The van der Waals surface area contributed by atoms with E-state index in [1.165, 1.54) is 0 Å². The van der Waals surface area contributed by atoms with Gasteiger partial charge in [0.2, 0.25) is 5.88 Å². The molecular weight excluding hydrogens is 360 g/mol. The summed E-state index contributed by atoms with van der Waals surface area (Å²) in [6.45, 7) is 4.01. The van der Waals surface area contributed by atoms with E-state index < -0.39 is 0 Å². The van der Waals surface area contributed by atoms with Gasteiger partial charge in [-0.05, 0) is 37.6 Å². The van der Waals surface area contributed by atoms with Crippen LogP contribution in [0.3, 0.4) is 0 Å². The van der Waals surface area contributed by atoms with Gasteiger partial charge in [-0.2, -0.15) is 5.10 Å². The fraction of sp³-hybridized carbons (Fsp3) is 0.308. The molecule has 1 aromatic heterocycles. The molecule has 0 aliphatic heterocycles. The highest BCUT2D eigenvalue weighted by Crippen LogP contribution is 2.31. The molecule has 2 rings (SSSR count). The molecule has 2 aromatic rings. The van der Waals surface area contributed by atoms with Gasteiger partial charge in [-0.15, -0.1) is 0 Å². The maximum atomic E-state index is 5.99. The lowest BCUT2D eigenvalue weighted by Gasteiger charge is -2.10. The zero-order valence-electron chi connectivity index (χ0n) is 10.5. The summed E-state index contributed by atoms with van der Waals surface area (Å²) in [5, 5.41) is 5.11. The molecule has 0 saturated heterocycles. The molecule has 0 atom stereocenters. The molecule has 0 fully saturated rings. The first-order valence-electron chi connectivity index (χ1n) is 5.55. The van der Waals surface area contributed by atoms with Crippen molar-refractivity contribution in [3.05, 3.63) is 39.5 Å². The van der Waals surface area contributed by atoms with Gasteiger partial charge in [0.15, 0.2) is 0 Å². The van der Waals surface area contributed by atoms with Crippen molar-refractivity contribution in [3.63, 3.8) is 0 Å². The van der Waals surface area contributed by atoms with Gasteiger partial charge in [0.25, 0.3) is 0 Å². The molecule has 5 heteroatoms. The van der Waals surface area contributed by atoms with Gasteiger partial charge in [-0.25, -0.2) is 4.68 Å². The molecule has 0 spiro atoms. The lowest BCUT2D eigenvalue weighted by atomic mass is 10.2. The summed E-state index contributed by atoms with van der Waals surface area (Å²) >= 11 is 6.92. The van der Waals surface area contributed by atoms with Crippen molar-refractivity contribution in [2.24, 2.45) is 7.05 Å². The lowest BCUT2D eigenvalue weighted by molar-refractivity contribution is 0.424. The van der Waals surface area contributed by atoms with Gasteiger partial charge in [0.05, 0.1) is 5.69 Å². The van der Waals surface area contributed by atoms with Crippen LogP contribution in [0.15, 0.2) is 22.7 Å². The van der Waals surface area contributed by atoms with Gasteiger partial charge in [-0.3, -0.25) is 0 Å². The first kappa shape index (κ1) is 13.6. The summed E-state index contributed by atoms with van der Waals surface area (Å²) in [7, 11) is 1.89. The number of rotatable bonds is 3. The highest BCUT2D eigenvalue weighted by Gasteiger charge is 2.15. The molecule has 0 radical (unpaired) electrons. The second-order valence-corrected chi connectivity index (χ2v) is 5.61. The summed E-state index contributed by atoms with van der Waals surface area (Å²) in [4.78, 5) is 0. The number of ether oxygens (including phenoxy) is 1. The molecule has 0 aliphatic carbocycles. The number of halogens is 2. The summed E-state index contributed by atoms with van der Waals surface area (Å²) in [6, 6.07) is 5.96. The third-order valence-corrected chi connectivity index (χ3v) is 3.82. The molecule has 0 saturated carbocycles. The van der Waals surface area contributed by atoms with Crippen LogP contribution in [0.25, 0.3) is 0 Å². The van der Waals surface area contributed by atoms with Crippen molar-refractivity contribution in [3.8, 4) is 11.6 Å². The van der Waals surface area contributed by atoms with E-state index in [0.717, 1.165) is 38.3 Å². The van der Waals surface area contributed by atoms with E-state index in [9.17, 15) is 0 Å². The standard InChI is InChI=1S/C13H14Br2N2O/c1-8-6-10(15)4-5-12(8)18-13-11(7-14)9(2)16-17(13)3/h4-6H,7H2,1-3H3. The first-order chi connectivity index (χ1) is 8.52. The molecule has 18 heavy (non-hydrogen) atoms. The van der Waals surface area contributed by atoms with Crippen LogP contribution in [0.2, 0.25) is 0 Å². The van der Waals surface area contributed by atoms with E-state index in [1.807, 2.05) is 39.1 Å². The van der Waals surface area contributed by atoms with Crippen LogP contribution < -0.4 is 4.74 Å². The van der Waals surface area contributed by atoms with Crippen molar-refractivity contribution >= 4 is 31.9 Å². The average molecular weight is 374 g/mol. The highest BCUT2D eigenvalue weighted by molar-refractivity contribution is 9.10. The summed E-state index contributed by atoms with van der Waals surface area (Å²) in [5.41, 5.74) is 3.16. The van der Waals surface area contributed by atoms with Crippen molar-refractivity contribution in [2.75, 3.05) is 0 Å². The fourth-order valence-corrected chi connectivity index (χ4v) is 2.91. The smallest absolute Gasteiger partial charge is 0.221 e. The van der Waals surface area contributed by atoms with E-state index in [-0.39, 0.29) is 0 Å². The second kappa shape index (κ2) is 5.45. The molecule has 1 heterocycles. The normalized spacial score (nSPS) is 10.7. The molecule has 0 N–H and O–H groups in total. The number of hydrogen-bond donors (Lipinski definition) is 0. The minimum absolute atomic E-state index is 0.734. The number of aryl methyl sites for hydroxylation is 3. The Morgan fingerprint density at radius 3 is 2.67 bits per heavy atom. The highest BCUT2D eigenvalue weighted by atomic mass is 79.9. The van der Waals surface area contributed by atoms with Crippen LogP contribution in [0.1, 0.15) is 16.8 Å². The van der Waals surface area contributed by atoms with E-state index >= 15 is 0 Å². The minimum atomic E-state index is 0.734. The molecule has 0 aliphatic rings. The average Bonchev–Trinajstić information content (AvgIpc) is 2.57. The minimum Gasteiger partial charge on any atom is -0.439 e. The Balaban J connectivity index is 2.39. The van der Waals surface area contributed by atoms with Crippen LogP contribution in [-0.4, -0.2) is 9.78 Å². The Kier molecular flexibility index (Phi) is 4.12. The van der Waals surface area contributed by atoms with Crippen molar-refractivity contribution < 1.29 is 4.74 Å². The molecule has 0 amide bonds. The number of benzene rings is 1. The Hall–Kier alpha value is -0.810. The topological polar surface area (TPSA) is 27.1 Å². The van der Waals surface area contributed by atoms with E-state index in [1.54, 1.807) is 4.68 Å². The number of nitrogens with zero attached hydrogens (tertiary/aromatic N) is 2. The molecule has 96 valence electrons. The zero-order chi connectivity index (χ0) is 13.3. The van der Waals surface area contributed by atoms with Gasteiger partial charge in [0, 0.05) is 22.4 Å². The number of alkyl halides is 1. The van der Waals surface area contributed by atoms with Crippen LogP contribution in [-0.2, 0) is 12.4 Å². The molecular formula is C13H14Br2N2O. The largest absolute Gasteiger partial charge is 0.439 e. The molecule has 1 aromatic carbocycles. The monoisotopic (exact) mass is 372 g/mol. The van der Waals surface area contributed by atoms with Gasteiger partial charge >= 0.3 is 0 Å². The second-order valence-electron chi connectivity index (χ2n) is 4.14. The Morgan fingerprint density at radius 2 is 2.06 bits per heavy atom. The van der Waals surface area contributed by atoms with Crippen molar-refractivity contribution in [1.82, 2.24) is 9.78 Å². The lowest BCUT2D eigenvalue weighted by Crippen LogP contribution is -1.97. The predicted octanol–water partition coefficient (Wildman–Crippen LogP) is 4.49. The van der Waals surface area contributed by atoms with Gasteiger partial charge < -0.3 is 4.74 Å². The summed E-state index contributed by atoms with van der Waals surface area (Å²) in [5.74, 6) is 1.64. The summed E-state index contributed by atoms with van der Waals surface area (Å²) < 4.78 is 8.81.